The van der Waals surface area contributed by atoms with Crippen molar-refractivity contribution in [2.45, 2.75) is 10.6 Å². The van der Waals surface area contributed by atoms with Crippen LogP contribution in [0.25, 0.3) is 0 Å². The van der Waals surface area contributed by atoms with Gasteiger partial charge in [-0.2, -0.15) is 0 Å². The minimum atomic E-state index is -0.0237. The van der Waals surface area contributed by atoms with Gasteiger partial charge in [-0.1, -0.05) is 29.8 Å². The summed E-state index contributed by atoms with van der Waals surface area (Å²) in [6.07, 6.45) is 1.61. The average Bonchev–Trinajstić information content (AvgIpc) is 3.22. The number of thioether (sulfide) groups is 1. The number of carbonyl (C=O) groups excluding carboxylic acids is 1. The number of hydrogen-bond acceptors (Lipinski definition) is 4. The van der Waals surface area contributed by atoms with E-state index in [1.165, 1.54) is 4.90 Å². The van der Waals surface area contributed by atoms with Crippen LogP contribution in [0.5, 0.6) is 0 Å². The molecule has 4 rings (SSSR count). The summed E-state index contributed by atoms with van der Waals surface area (Å²) in [5, 5.41) is 0.733. The lowest BCUT2D eigenvalue weighted by Gasteiger charge is -2.35. The van der Waals surface area contributed by atoms with Gasteiger partial charge in [-0.25, -0.2) is 0 Å². The van der Waals surface area contributed by atoms with Gasteiger partial charge >= 0.3 is 0 Å². The van der Waals surface area contributed by atoms with Crippen molar-refractivity contribution in [3.63, 3.8) is 0 Å². The molecule has 2 aromatic carbocycles. The van der Waals surface area contributed by atoms with E-state index in [-0.39, 0.29) is 5.91 Å². The van der Waals surface area contributed by atoms with Crippen LogP contribution >= 0.6 is 23.4 Å². The van der Waals surface area contributed by atoms with Gasteiger partial charge in [-0.15, -0.1) is 11.8 Å². The summed E-state index contributed by atoms with van der Waals surface area (Å²) in [5.41, 5.74) is 2.08. The van der Waals surface area contributed by atoms with E-state index in [9.17, 15) is 4.79 Å². The van der Waals surface area contributed by atoms with Crippen molar-refractivity contribution in [1.82, 2.24) is 4.90 Å². The van der Waals surface area contributed by atoms with Gasteiger partial charge in [0.25, 0.3) is 5.91 Å². The number of piperazine rings is 1. The van der Waals surface area contributed by atoms with Crippen molar-refractivity contribution in [1.29, 1.82) is 0 Å². The van der Waals surface area contributed by atoms with Gasteiger partial charge in [0.15, 0.2) is 5.76 Å². The quantitative estimate of drug-likeness (QED) is 0.540. The number of rotatable bonds is 5. The van der Waals surface area contributed by atoms with Crippen molar-refractivity contribution in [3.8, 4) is 0 Å². The fourth-order valence-corrected chi connectivity index (χ4v) is 4.30. The molecular formula is C22H21ClN2O2S. The maximum absolute atomic E-state index is 13.0. The number of anilines is 1. The Morgan fingerprint density at radius 2 is 1.68 bits per heavy atom. The molecule has 0 N–H and O–H groups in total. The molecular weight excluding hydrogens is 392 g/mol. The molecule has 1 fully saturated rings. The smallest absolute Gasteiger partial charge is 0.289 e. The number of benzene rings is 2. The van der Waals surface area contributed by atoms with Crippen LogP contribution in [0.4, 0.5) is 5.69 Å². The molecule has 1 aliphatic rings. The summed E-state index contributed by atoms with van der Waals surface area (Å²) in [7, 11) is 0. The lowest BCUT2D eigenvalue weighted by atomic mass is 10.2. The molecule has 0 unspecified atom stereocenters. The Bertz CT molecular complexity index is 919. The molecule has 0 radical (unpaired) electrons. The van der Waals surface area contributed by atoms with Crippen LogP contribution in [0.2, 0.25) is 5.02 Å². The first-order valence-corrected chi connectivity index (χ1v) is 10.6. The van der Waals surface area contributed by atoms with E-state index < -0.39 is 0 Å². The van der Waals surface area contributed by atoms with Crippen LogP contribution in [0.1, 0.15) is 16.1 Å². The molecule has 6 heteroatoms. The highest BCUT2D eigenvalue weighted by molar-refractivity contribution is 7.98. The van der Waals surface area contributed by atoms with Gasteiger partial charge in [-0.3, -0.25) is 4.79 Å². The molecule has 28 heavy (non-hydrogen) atoms. The van der Waals surface area contributed by atoms with Gasteiger partial charge in [-0.05, 0) is 42.5 Å². The van der Waals surface area contributed by atoms with Crippen molar-refractivity contribution < 1.29 is 9.21 Å². The fourth-order valence-electron chi connectivity index (χ4n) is 3.28. The first-order valence-electron chi connectivity index (χ1n) is 9.25. The Morgan fingerprint density at radius 3 is 2.39 bits per heavy atom. The Labute approximate surface area is 174 Å². The van der Waals surface area contributed by atoms with Crippen LogP contribution in [0.15, 0.2) is 76.2 Å². The van der Waals surface area contributed by atoms with Crippen LogP contribution in [-0.4, -0.2) is 37.0 Å². The molecule has 1 aromatic heterocycles. The van der Waals surface area contributed by atoms with E-state index in [2.05, 4.69) is 17.0 Å². The van der Waals surface area contributed by atoms with Gasteiger partial charge in [0.1, 0.15) is 0 Å². The maximum Gasteiger partial charge on any atom is 0.289 e. The Morgan fingerprint density at radius 1 is 0.964 bits per heavy atom. The van der Waals surface area contributed by atoms with Crippen LogP contribution in [0.3, 0.4) is 0 Å². The van der Waals surface area contributed by atoms with Crippen LogP contribution < -0.4 is 4.90 Å². The minimum Gasteiger partial charge on any atom is -0.459 e. The minimum absolute atomic E-state index is 0.0237. The zero-order chi connectivity index (χ0) is 19.3. The Balaban J connectivity index is 1.37. The molecule has 2 heterocycles. The molecule has 1 aliphatic heterocycles. The van der Waals surface area contributed by atoms with Crippen molar-refractivity contribution in [2.24, 2.45) is 0 Å². The van der Waals surface area contributed by atoms with E-state index in [0.29, 0.717) is 24.6 Å². The molecule has 4 nitrogen and oxygen atoms in total. The number of halogens is 1. The zero-order valence-corrected chi connectivity index (χ0v) is 17.0. The van der Waals surface area contributed by atoms with Crippen molar-refractivity contribution in [2.75, 3.05) is 31.1 Å². The lowest BCUT2D eigenvalue weighted by Crippen LogP contribution is -2.48. The predicted molar refractivity (Wildman–Crippen MR) is 114 cm³/mol. The summed E-state index contributed by atoms with van der Waals surface area (Å²) in [4.78, 5) is 18.3. The number of amides is 1. The van der Waals surface area contributed by atoms with Crippen LogP contribution in [-0.2, 0) is 5.75 Å². The SMILES string of the molecule is O=C(c1occc1CSc1ccccc1)N1CCN(c2ccc(Cl)cc2)CC1. The monoisotopic (exact) mass is 412 g/mol. The summed E-state index contributed by atoms with van der Waals surface area (Å²) in [5.74, 6) is 1.15. The van der Waals surface area contributed by atoms with Gasteiger partial charge in [0, 0.05) is 53.1 Å². The highest BCUT2D eigenvalue weighted by Gasteiger charge is 2.26. The fraction of sp³-hybridized carbons (Fsp3) is 0.227. The molecule has 0 spiro atoms. The van der Waals surface area contributed by atoms with Crippen molar-refractivity contribution in [3.05, 3.63) is 83.3 Å². The van der Waals surface area contributed by atoms with Gasteiger partial charge < -0.3 is 14.2 Å². The van der Waals surface area contributed by atoms with Crippen molar-refractivity contribution >= 4 is 35.0 Å². The predicted octanol–water partition coefficient (Wildman–Crippen LogP) is 5.19. The highest BCUT2D eigenvalue weighted by atomic mass is 35.5. The molecule has 0 atom stereocenters. The summed E-state index contributed by atoms with van der Waals surface area (Å²) in [6, 6.07) is 19.9. The van der Waals surface area contributed by atoms with E-state index in [1.807, 2.05) is 53.4 Å². The second-order valence-corrected chi connectivity index (χ2v) is 8.12. The molecule has 0 aliphatic carbocycles. The lowest BCUT2D eigenvalue weighted by molar-refractivity contribution is 0.0713. The highest BCUT2D eigenvalue weighted by Crippen LogP contribution is 2.26. The third-order valence-electron chi connectivity index (χ3n) is 4.84. The third kappa shape index (κ3) is 4.37. The zero-order valence-electron chi connectivity index (χ0n) is 15.4. The summed E-state index contributed by atoms with van der Waals surface area (Å²) in [6.45, 7) is 2.94. The van der Waals surface area contributed by atoms with E-state index in [1.54, 1.807) is 18.0 Å². The largest absolute Gasteiger partial charge is 0.459 e. The molecule has 0 bridgehead atoms. The average molecular weight is 413 g/mol. The second kappa shape index (κ2) is 8.76. The van der Waals surface area contributed by atoms with E-state index >= 15 is 0 Å². The molecule has 3 aromatic rings. The maximum atomic E-state index is 13.0. The second-order valence-electron chi connectivity index (χ2n) is 6.63. The topological polar surface area (TPSA) is 36.7 Å². The first kappa shape index (κ1) is 19.0. The number of nitrogens with zero attached hydrogens (tertiary/aromatic N) is 2. The van der Waals surface area contributed by atoms with Crippen LogP contribution in [0, 0.1) is 0 Å². The van der Waals surface area contributed by atoms with Gasteiger partial charge in [0.05, 0.1) is 6.26 Å². The number of furan rings is 1. The third-order valence-corrected chi connectivity index (χ3v) is 6.15. The van der Waals surface area contributed by atoms with Gasteiger partial charge in [0.2, 0.25) is 0 Å². The number of carbonyl (C=O) groups is 1. The van der Waals surface area contributed by atoms with E-state index in [0.717, 1.165) is 29.4 Å². The molecule has 0 saturated carbocycles. The standard InChI is InChI=1S/C22H21ClN2O2S/c23-18-6-8-19(9-7-18)24-11-13-25(14-12-24)22(26)21-17(10-15-27-21)16-28-20-4-2-1-3-5-20/h1-10,15H,11-14,16H2. The Hall–Kier alpha value is -2.37. The van der Waals surface area contributed by atoms with E-state index in [4.69, 9.17) is 16.0 Å². The summed E-state index contributed by atoms with van der Waals surface area (Å²) >= 11 is 7.67. The normalized spacial score (nSPS) is 14.3. The first-order chi connectivity index (χ1) is 13.7. The molecule has 1 amide bonds. The summed E-state index contributed by atoms with van der Waals surface area (Å²) < 4.78 is 5.56. The Kier molecular flexibility index (Phi) is 5.93. The molecule has 144 valence electrons. The molecule has 1 saturated heterocycles. The number of hydrogen-bond donors (Lipinski definition) is 0.